The van der Waals surface area contributed by atoms with Crippen LogP contribution in [0.4, 0.5) is 0 Å². The molecule has 2 atom stereocenters. The maximum Gasteiger partial charge on any atom is 0.231 e. The predicted molar refractivity (Wildman–Crippen MR) is 77.7 cm³/mol. The number of halogens is 2. The van der Waals surface area contributed by atoms with E-state index in [-0.39, 0.29) is 5.92 Å². The Balaban J connectivity index is 1.92. The maximum atomic E-state index is 5.38. The molecular weight excluding hydrogens is 376 g/mol. The first-order valence-corrected chi connectivity index (χ1v) is 7.59. The second-order valence-electron chi connectivity index (χ2n) is 4.68. The lowest BCUT2D eigenvalue weighted by molar-refractivity contribution is 0.340. The van der Waals surface area contributed by atoms with Gasteiger partial charge in [-0.25, -0.2) is 0 Å². The number of nitrogens with one attached hydrogen (secondary N) is 1. The van der Waals surface area contributed by atoms with E-state index in [0.29, 0.717) is 23.3 Å². The highest BCUT2D eigenvalue weighted by atomic mass is 79.9. The van der Waals surface area contributed by atoms with Crippen LogP contribution in [0.5, 0.6) is 0 Å². The normalized spacial score (nSPS) is 22.9. The van der Waals surface area contributed by atoms with Gasteiger partial charge in [0.25, 0.3) is 0 Å². The molecule has 2 aromatic heterocycles. The van der Waals surface area contributed by atoms with Gasteiger partial charge in [0.15, 0.2) is 0 Å². The quantitative estimate of drug-likeness (QED) is 0.858. The third-order valence-electron chi connectivity index (χ3n) is 3.30. The summed E-state index contributed by atoms with van der Waals surface area (Å²) < 4.78 is 7.13. The third-order valence-corrected chi connectivity index (χ3v) is 4.33. The molecule has 1 saturated heterocycles. The van der Waals surface area contributed by atoms with Crippen LogP contribution in [0.3, 0.4) is 0 Å². The number of rotatable bonds is 2. The summed E-state index contributed by atoms with van der Waals surface area (Å²) in [5.41, 5.74) is 0.691. The lowest BCUT2D eigenvalue weighted by Crippen LogP contribution is -2.08. The smallest absolute Gasteiger partial charge is 0.231 e. The summed E-state index contributed by atoms with van der Waals surface area (Å²) in [5.74, 6) is 2.00. The Hall–Kier alpha value is -0.790. The third kappa shape index (κ3) is 2.59. The molecule has 0 radical (unpaired) electrons. The van der Waals surface area contributed by atoms with E-state index in [9.17, 15) is 0 Å². The van der Waals surface area contributed by atoms with Crippen LogP contribution in [0.2, 0.25) is 0 Å². The Morgan fingerprint density at radius 1 is 1.37 bits per heavy atom. The topological polar surface area (TPSA) is 63.8 Å². The van der Waals surface area contributed by atoms with E-state index in [0.717, 1.165) is 22.0 Å². The predicted octanol–water partition coefficient (Wildman–Crippen LogP) is 2.98. The highest BCUT2D eigenvalue weighted by Crippen LogP contribution is 2.30. The molecule has 1 N–H and O–H groups in total. The van der Waals surface area contributed by atoms with Crippen molar-refractivity contribution in [3.63, 3.8) is 0 Å². The summed E-state index contributed by atoms with van der Waals surface area (Å²) in [7, 11) is 0. The van der Waals surface area contributed by atoms with Crippen LogP contribution >= 0.6 is 31.9 Å². The molecule has 1 aliphatic rings. The summed E-state index contributed by atoms with van der Waals surface area (Å²) in [5, 5.41) is 7.36. The molecule has 7 heteroatoms. The zero-order valence-electron chi connectivity index (χ0n) is 10.2. The minimum absolute atomic E-state index is 0.287. The maximum absolute atomic E-state index is 5.38. The van der Waals surface area contributed by atoms with Crippen molar-refractivity contribution in [3.05, 3.63) is 27.1 Å². The molecule has 0 aliphatic carbocycles. The number of hydrogen-bond donors (Lipinski definition) is 1. The summed E-state index contributed by atoms with van der Waals surface area (Å²) in [6.07, 6.45) is 1.72. The van der Waals surface area contributed by atoms with E-state index < -0.39 is 0 Å². The molecule has 100 valence electrons. The first kappa shape index (κ1) is 13.2. The lowest BCUT2D eigenvalue weighted by atomic mass is 9.98. The molecule has 0 saturated carbocycles. The lowest BCUT2D eigenvalue weighted by Gasteiger charge is -2.07. The van der Waals surface area contributed by atoms with Crippen LogP contribution in [0.25, 0.3) is 11.5 Å². The van der Waals surface area contributed by atoms with Gasteiger partial charge in [-0.1, -0.05) is 12.1 Å². The van der Waals surface area contributed by atoms with Gasteiger partial charge < -0.3 is 9.84 Å². The molecule has 0 bridgehead atoms. The van der Waals surface area contributed by atoms with Crippen molar-refractivity contribution >= 4 is 31.9 Å². The van der Waals surface area contributed by atoms with Crippen LogP contribution in [-0.4, -0.2) is 28.2 Å². The Morgan fingerprint density at radius 3 is 2.89 bits per heavy atom. The first-order chi connectivity index (χ1) is 9.15. The van der Waals surface area contributed by atoms with Crippen LogP contribution in [0.15, 0.2) is 25.7 Å². The van der Waals surface area contributed by atoms with Gasteiger partial charge in [0.1, 0.15) is 5.69 Å². The molecule has 0 unspecified atom stereocenters. The van der Waals surface area contributed by atoms with Crippen molar-refractivity contribution in [3.8, 4) is 11.5 Å². The van der Waals surface area contributed by atoms with Gasteiger partial charge in [-0.2, -0.15) is 4.98 Å². The second-order valence-corrected chi connectivity index (χ2v) is 6.45. The van der Waals surface area contributed by atoms with Crippen molar-refractivity contribution in [2.45, 2.75) is 12.8 Å². The fraction of sp³-hybridized carbons (Fsp3) is 0.417. The van der Waals surface area contributed by atoms with E-state index in [1.54, 1.807) is 6.20 Å². The van der Waals surface area contributed by atoms with Gasteiger partial charge in [-0.05, 0) is 50.4 Å². The minimum atomic E-state index is 0.287. The molecular formula is C12H12Br2N4O. The Morgan fingerprint density at radius 2 is 2.21 bits per heavy atom. The van der Waals surface area contributed by atoms with Crippen molar-refractivity contribution in [1.82, 2.24) is 20.4 Å². The average Bonchev–Trinajstić information content (AvgIpc) is 2.97. The monoisotopic (exact) mass is 386 g/mol. The van der Waals surface area contributed by atoms with E-state index in [1.807, 2.05) is 6.07 Å². The average molecular weight is 388 g/mol. The Bertz CT molecular complexity index is 601. The van der Waals surface area contributed by atoms with Gasteiger partial charge in [-0.15, -0.1) is 0 Å². The van der Waals surface area contributed by atoms with Gasteiger partial charge in [0.2, 0.25) is 11.7 Å². The van der Waals surface area contributed by atoms with Gasteiger partial charge in [0.05, 0.1) is 5.92 Å². The summed E-state index contributed by atoms with van der Waals surface area (Å²) in [6.45, 7) is 4.06. The van der Waals surface area contributed by atoms with Crippen molar-refractivity contribution < 1.29 is 4.52 Å². The fourth-order valence-corrected chi connectivity index (χ4v) is 3.37. The standard InChI is InChI=1S/C12H12Br2N4O/c1-6-3-15-5-8(6)12-17-11(18-19-12)10-9(14)2-7(13)4-16-10/h2,4,6,8,15H,3,5H2,1H3/t6-,8-/m1/s1. The summed E-state index contributed by atoms with van der Waals surface area (Å²) in [6, 6.07) is 1.91. The van der Waals surface area contributed by atoms with E-state index in [4.69, 9.17) is 4.52 Å². The molecule has 3 heterocycles. The van der Waals surface area contributed by atoms with Crippen LogP contribution < -0.4 is 5.32 Å². The summed E-state index contributed by atoms with van der Waals surface area (Å²) >= 11 is 6.83. The molecule has 3 rings (SSSR count). The van der Waals surface area contributed by atoms with Crippen molar-refractivity contribution in [1.29, 1.82) is 0 Å². The first-order valence-electron chi connectivity index (χ1n) is 6.01. The number of pyridine rings is 1. The SMILES string of the molecule is C[C@@H]1CNC[C@H]1c1nc(-c2ncc(Br)cc2Br)no1. The number of nitrogens with zero attached hydrogens (tertiary/aromatic N) is 3. The molecule has 0 spiro atoms. The molecule has 5 nitrogen and oxygen atoms in total. The van der Waals surface area contributed by atoms with Crippen LogP contribution in [0, 0.1) is 5.92 Å². The second kappa shape index (κ2) is 5.30. The van der Waals surface area contributed by atoms with Gasteiger partial charge in [0, 0.05) is 21.7 Å². The van der Waals surface area contributed by atoms with Gasteiger partial charge in [-0.3, -0.25) is 4.98 Å². The van der Waals surface area contributed by atoms with Gasteiger partial charge >= 0.3 is 0 Å². The van der Waals surface area contributed by atoms with E-state index in [1.165, 1.54) is 0 Å². The van der Waals surface area contributed by atoms with Crippen molar-refractivity contribution in [2.24, 2.45) is 5.92 Å². The largest absolute Gasteiger partial charge is 0.339 e. The van der Waals surface area contributed by atoms with Crippen molar-refractivity contribution in [2.75, 3.05) is 13.1 Å². The molecule has 1 fully saturated rings. The van der Waals surface area contributed by atoms with E-state index >= 15 is 0 Å². The highest BCUT2D eigenvalue weighted by molar-refractivity contribution is 9.11. The number of aromatic nitrogens is 3. The zero-order chi connectivity index (χ0) is 13.4. The van der Waals surface area contributed by atoms with Crippen LogP contribution in [-0.2, 0) is 0 Å². The molecule has 1 aliphatic heterocycles. The minimum Gasteiger partial charge on any atom is -0.339 e. The molecule has 0 aromatic carbocycles. The molecule has 19 heavy (non-hydrogen) atoms. The molecule has 2 aromatic rings. The zero-order valence-corrected chi connectivity index (χ0v) is 13.4. The highest BCUT2D eigenvalue weighted by Gasteiger charge is 2.30. The summed E-state index contributed by atoms with van der Waals surface area (Å²) in [4.78, 5) is 8.79. The van der Waals surface area contributed by atoms with Crippen LogP contribution in [0.1, 0.15) is 18.7 Å². The molecule has 0 amide bonds. The Labute approximate surface area is 127 Å². The Kier molecular flexibility index (Phi) is 3.68. The van der Waals surface area contributed by atoms with E-state index in [2.05, 4.69) is 59.2 Å². The number of hydrogen-bond acceptors (Lipinski definition) is 5. The fourth-order valence-electron chi connectivity index (χ4n) is 2.20.